The number of rotatable bonds is 0. The van der Waals surface area contributed by atoms with E-state index < -0.39 is 5.66 Å². The average molecular weight is 229 g/mol. The topological polar surface area (TPSA) is 68.2 Å². The number of anilines is 1. The number of nitrogens with zero attached hydrogens (tertiary/aromatic N) is 3. The lowest BCUT2D eigenvalue weighted by Crippen LogP contribution is -2.38. The van der Waals surface area contributed by atoms with Crippen LogP contribution in [0.25, 0.3) is 11.0 Å². The lowest BCUT2D eigenvalue weighted by atomic mass is 10.2. The van der Waals surface area contributed by atoms with Crippen LogP contribution in [0.15, 0.2) is 23.2 Å². The van der Waals surface area contributed by atoms with Gasteiger partial charge in [0.05, 0.1) is 11.0 Å². The maximum atomic E-state index is 5.76. The van der Waals surface area contributed by atoms with Gasteiger partial charge in [0.2, 0.25) is 5.95 Å². The summed E-state index contributed by atoms with van der Waals surface area (Å²) >= 11 is 0. The Labute approximate surface area is 99.4 Å². The van der Waals surface area contributed by atoms with E-state index in [0.717, 1.165) is 17.0 Å². The highest BCUT2D eigenvalue weighted by atomic mass is 15.4. The summed E-state index contributed by atoms with van der Waals surface area (Å²) in [6.07, 6.45) is 0. The van der Waals surface area contributed by atoms with Gasteiger partial charge in [-0.3, -0.25) is 9.88 Å². The van der Waals surface area contributed by atoms with Crippen molar-refractivity contribution in [1.29, 1.82) is 0 Å². The molecule has 1 aliphatic heterocycles. The molecular formula is C12H15N5. The van der Waals surface area contributed by atoms with E-state index in [2.05, 4.69) is 38.9 Å². The van der Waals surface area contributed by atoms with Crippen molar-refractivity contribution in [1.82, 2.24) is 9.55 Å². The molecule has 0 fully saturated rings. The number of aliphatic imine (C=N–C) groups is 1. The number of hydrogen-bond acceptors (Lipinski definition) is 4. The summed E-state index contributed by atoms with van der Waals surface area (Å²) in [5.41, 5.74) is 8.59. The van der Waals surface area contributed by atoms with Crippen LogP contribution in [0.4, 0.5) is 5.95 Å². The second kappa shape index (κ2) is 3.00. The van der Waals surface area contributed by atoms with E-state index in [1.807, 2.05) is 19.9 Å². The lowest BCUT2D eigenvalue weighted by molar-refractivity contribution is 0.385. The molecule has 0 radical (unpaired) electrons. The zero-order valence-corrected chi connectivity index (χ0v) is 10.2. The van der Waals surface area contributed by atoms with Crippen LogP contribution in [-0.2, 0) is 5.66 Å². The smallest absolute Gasteiger partial charge is 0.212 e. The molecule has 1 aromatic heterocycles. The predicted molar refractivity (Wildman–Crippen MR) is 69.0 cm³/mol. The fourth-order valence-electron chi connectivity index (χ4n) is 2.31. The van der Waals surface area contributed by atoms with Crippen LogP contribution in [0.2, 0.25) is 0 Å². The molecule has 0 saturated carbocycles. The fourth-order valence-corrected chi connectivity index (χ4v) is 2.31. The molecule has 0 bridgehead atoms. The van der Waals surface area contributed by atoms with Crippen LogP contribution >= 0.6 is 0 Å². The molecule has 1 aliphatic rings. The summed E-state index contributed by atoms with van der Waals surface area (Å²) < 4.78 is 2.08. The van der Waals surface area contributed by atoms with Gasteiger partial charge in [-0.1, -0.05) is 6.07 Å². The summed E-state index contributed by atoms with van der Waals surface area (Å²) in [6.45, 7) is 6.11. The van der Waals surface area contributed by atoms with Crippen molar-refractivity contribution in [2.45, 2.75) is 26.4 Å². The molecule has 3 N–H and O–H groups in total. The molecule has 0 amide bonds. The Morgan fingerprint density at radius 1 is 1.35 bits per heavy atom. The third-order valence-electron chi connectivity index (χ3n) is 2.99. The molecule has 88 valence electrons. The van der Waals surface area contributed by atoms with Crippen LogP contribution in [0.1, 0.15) is 19.4 Å². The molecule has 0 unspecified atom stereocenters. The molecule has 0 saturated heterocycles. The van der Waals surface area contributed by atoms with Gasteiger partial charge in [0.15, 0.2) is 5.96 Å². The monoisotopic (exact) mass is 229 g/mol. The zero-order valence-electron chi connectivity index (χ0n) is 10.2. The zero-order chi connectivity index (χ0) is 12.2. The number of fused-ring (bicyclic) bond motifs is 3. The van der Waals surface area contributed by atoms with Gasteiger partial charge < -0.3 is 5.73 Å². The predicted octanol–water partition coefficient (Wildman–Crippen LogP) is 1.78. The Balaban J connectivity index is 2.37. The van der Waals surface area contributed by atoms with Crippen molar-refractivity contribution in [2.24, 2.45) is 10.7 Å². The van der Waals surface area contributed by atoms with Crippen LogP contribution in [0.5, 0.6) is 0 Å². The first kappa shape index (κ1) is 10.1. The van der Waals surface area contributed by atoms with E-state index in [-0.39, 0.29) is 0 Å². The Morgan fingerprint density at radius 3 is 2.88 bits per heavy atom. The van der Waals surface area contributed by atoms with Crippen molar-refractivity contribution in [3.8, 4) is 0 Å². The number of nitrogens with one attached hydrogen (secondary N) is 1. The highest BCUT2D eigenvalue weighted by Crippen LogP contribution is 2.32. The van der Waals surface area contributed by atoms with Crippen molar-refractivity contribution >= 4 is 22.9 Å². The van der Waals surface area contributed by atoms with Crippen molar-refractivity contribution < 1.29 is 0 Å². The Kier molecular flexibility index (Phi) is 1.79. The van der Waals surface area contributed by atoms with Gasteiger partial charge in [-0.2, -0.15) is 0 Å². The standard InChI is InChI=1S/C12H15N5/c1-7-4-5-8-9(6-7)17-11(14-8)15-10(13)16-12(17,2)3/h4-6H,1-3H3,(H3,13,14,15,16). The third kappa shape index (κ3) is 1.39. The van der Waals surface area contributed by atoms with Crippen LogP contribution < -0.4 is 11.1 Å². The summed E-state index contributed by atoms with van der Waals surface area (Å²) in [5, 5.41) is 3.00. The van der Waals surface area contributed by atoms with E-state index in [1.165, 1.54) is 5.56 Å². The van der Waals surface area contributed by atoms with E-state index >= 15 is 0 Å². The molecule has 5 nitrogen and oxygen atoms in total. The molecule has 1 aromatic carbocycles. The SMILES string of the molecule is Cc1ccc2nc3n(c2c1)C(C)(C)N=C(N)N3. The third-order valence-corrected chi connectivity index (χ3v) is 2.99. The second-order valence-corrected chi connectivity index (χ2v) is 4.88. The normalized spacial score (nSPS) is 17.5. The quantitative estimate of drug-likeness (QED) is 0.723. The number of hydrogen-bond donors (Lipinski definition) is 2. The Morgan fingerprint density at radius 2 is 2.12 bits per heavy atom. The lowest BCUT2D eigenvalue weighted by Gasteiger charge is -2.29. The molecule has 0 spiro atoms. The first-order chi connectivity index (χ1) is 7.97. The van der Waals surface area contributed by atoms with Crippen LogP contribution in [0, 0.1) is 6.92 Å². The molecular weight excluding hydrogens is 214 g/mol. The first-order valence-electron chi connectivity index (χ1n) is 5.59. The van der Waals surface area contributed by atoms with E-state index in [1.54, 1.807) is 0 Å². The first-order valence-corrected chi connectivity index (χ1v) is 5.59. The van der Waals surface area contributed by atoms with Gasteiger partial charge in [-0.15, -0.1) is 0 Å². The van der Waals surface area contributed by atoms with Crippen molar-refractivity contribution in [2.75, 3.05) is 5.32 Å². The minimum Gasteiger partial charge on any atom is -0.370 e. The maximum Gasteiger partial charge on any atom is 0.212 e. The molecule has 5 heteroatoms. The van der Waals surface area contributed by atoms with Crippen molar-refractivity contribution in [3.05, 3.63) is 23.8 Å². The minimum atomic E-state index is -0.410. The minimum absolute atomic E-state index is 0.410. The fraction of sp³-hybridized carbons (Fsp3) is 0.333. The summed E-state index contributed by atoms with van der Waals surface area (Å²) in [5.74, 6) is 1.16. The van der Waals surface area contributed by atoms with Gasteiger partial charge in [-0.25, -0.2) is 9.98 Å². The molecule has 17 heavy (non-hydrogen) atoms. The molecule has 2 aromatic rings. The van der Waals surface area contributed by atoms with Gasteiger partial charge in [0, 0.05) is 0 Å². The second-order valence-electron chi connectivity index (χ2n) is 4.88. The number of imidazole rings is 1. The van der Waals surface area contributed by atoms with Gasteiger partial charge in [-0.05, 0) is 38.5 Å². The highest BCUT2D eigenvalue weighted by molar-refractivity contribution is 5.94. The maximum absolute atomic E-state index is 5.76. The van der Waals surface area contributed by atoms with Crippen molar-refractivity contribution in [3.63, 3.8) is 0 Å². The van der Waals surface area contributed by atoms with Crippen LogP contribution in [0.3, 0.4) is 0 Å². The number of aromatic nitrogens is 2. The van der Waals surface area contributed by atoms with E-state index in [4.69, 9.17) is 5.73 Å². The van der Waals surface area contributed by atoms with E-state index in [0.29, 0.717) is 5.96 Å². The summed E-state index contributed by atoms with van der Waals surface area (Å²) in [7, 11) is 0. The van der Waals surface area contributed by atoms with E-state index in [9.17, 15) is 0 Å². The average Bonchev–Trinajstić information content (AvgIpc) is 2.53. The summed E-state index contributed by atoms with van der Waals surface area (Å²) in [6, 6.07) is 6.19. The molecule has 2 heterocycles. The number of guanidine groups is 1. The number of benzene rings is 1. The number of nitrogens with two attached hydrogens (primary N) is 1. The van der Waals surface area contributed by atoms with Gasteiger partial charge >= 0.3 is 0 Å². The summed E-state index contributed by atoms with van der Waals surface area (Å²) in [4.78, 5) is 8.95. The molecule has 3 rings (SSSR count). The van der Waals surface area contributed by atoms with Gasteiger partial charge in [0.25, 0.3) is 0 Å². The Hall–Kier alpha value is -2.04. The Bertz CT molecular complexity index is 636. The molecule has 0 atom stereocenters. The number of aryl methyl sites for hydroxylation is 1. The highest BCUT2D eigenvalue weighted by Gasteiger charge is 2.29. The van der Waals surface area contributed by atoms with Crippen LogP contribution in [-0.4, -0.2) is 15.5 Å². The molecule has 0 aliphatic carbocycles. The largest absolute Gasteiger partial charge is 0.370 e. The van der Waals surface area contributed by atoms with Gasteiger partial charge in [0.1, 0.15) is 5.66 Å².